The highest BCUT2D eigenvalue weighted by Crippen LogP contribution is 2.41. The topological polar surface area (TPSA) is 105 Å². The Morgan fingerprint density at radius 1 is 0.610 bits per heavy atom. The van der Waals surface area contributed by atoms with Crippen LogP contribution in [0.2, 0.25) is 0 Å². The molecule has 7 rings (SSSR count). The molecule has 0 bridgehead atoms. The molecule has 22 atom stereocenters. The standard InChI is InChI=1S/C15H21Br2ClO3.2C15H20Br2O2.C15H21BrO2/c1-2-12-10(17)7-14-15(20-12)8-13(21-14)11(19)6-9(18)4-3-5-16;1-3-5-6-7-10(16)13-9-15-14(19-13)8-11(17)12(4-2)18-15;1-2-12(17)14-10-15-13(19-14)8-4-3-6-11(18-15)7-5-9-16;1-3-5-6-7-8-9-10-15-13(17)11-12(16)14(4-2)18-15/h4-5,9-15,19H,2,6-8H2,1H3;1,5-6,10-15H,4,7-9H2,2H3;3-4,7,9,11-15H,2,6,8,10H2,1H3;1,5-6,8-9,12-15,17H,4,7,10-11H2,2H3/b;6-5-;4-3-;6-5-,9-8+/t3?,9?,10-,11?,12+,13+,14-,15-;10?,11-,12+,13-,14-,15-;5?,11-,12?,13-,14-,15-;12-,13-,14+,15-/m1111/s1. The van der Waals surface area contributed by atoms with Gasteiger partial charge in [0.1, 0.15) is 0 Å². The second-order valence-corrected chi connectivity index (χ2v) is 27.5. The molecule has 2 N–H and O–H groups in total. The summed E-state index contributed by atoms with van der Waals surface area (Å²) in [7, 11) is 0. The average molecular weight is 1540 g/mol. The molecule has 0 amide bonds. The van der Waals surface area contributed by atoms with Gasteiger partial charge in [-0.25, -0.2) is 0 Å². The maximum atomic E-state index is 10.3. The van der Waals surface area contributed by atoms with Crippen LogP contribution in [0.1, 0.15) is 130 Å². The van der Waals surface area contributed by atoms with Crippen LogP contribution in [-0.2, 0) is 33.2 Å². The van der Waals surface area contributed by atoms with Gasteiger partial charge in [0.25, 0.3) is 0 Å². The van der Waals surface area contributed by atoms with Crippen molar-refractivity contribution in [3.8, 4) is 24.7 Å². The Bertz CT molecular complexity index is 2030. The van der Waals surface area contributed by atoms with E-state index < -0.39 is 6.10 Å². The first kappa shape index (κ1) is 69.9. The smallest absolute Gasteiger partial charge is 0.0876 e. The van der Waals surface area contributed by atoms with E-state index in [2.05, 4.69) is 181 Å². The molecule has 7 aliphatic heterocycles. The molecule has 0 saturated carbocycles. The van der Waals surface area contributed by atoms with Crippen molar-refractivity contribution in [3.63, 3.8) is 0 Å². The zero-order valence-electron chi connectivity index (χ0n) is 44.9. The quantitative estimate of drug-likeness (QED) is 0.0638. The van der Waals surface area contributed by atoms with Crippen molar-refractivity contribution in [3.05, 3.63) is 82.2 Å². The number of hydrogen-bond acceptors (Lipinski definition) is 9. The van der Waals surface area contributed by atoms with Crippen LogP contribution < -0.4 is 0 Å². The molecule has 432 valence electrons. The molecule has 0 aromatic heterocycles. The summed E-state index contributed by atoms with van der Waals surface area (Å²) in [5.74, 6) is 4.96. The first-order valence-electron chi connectivity index (χ1n) is 27.5. The van der Waals surface area contributed by atoms with E-state index >= 15 is 0 Å². The van der Waals surface area contributed by atoms with Crippen molar-refractivity contribution in [2.24, 2.45) is 0 Å². The molecule has 0 aliphatic carbocycles. The van der Waals surface area contributed by atoms with Crippen LogP contribution in [0.15, 0.2) is 82.2 Å². The van der Waals surface area contributed by atoms with E-state index in [9.17, 15) is 10.2 Å². The van der Waals surface area contributed by atoms with Crippen LogP contribution >= 0.6 is 123 Å². The van der Waals surface area contributed by atoms with Gasteiger partial charge in [0.15, 0.2) is 0 Å². The molecule has 0 radical (unpaired) electrons. The number of terminal acetylenes is 2. The van der Waals surface area contributed by atoms with E-state index in [1.807, 2.05) is 24.3 Å². The van der Waals surface area contributed by atoms with Crippen LogP contribution in [0, 0.1) is 24.7 Å². The van der Waals surface area contributed by atoms with Gasteiger partial charge in [-0.2, -0.15) is 0 Å². The monoisotopic (exact) mass is 1530 g/mol. The van der Waals surface area contributed by atoms with Crippen molar-refractivity contribution >= 4 is 123 Å². The van der Waals surface area contributed by atoms with Crippen LogP contribution in [0.25, 0.3) is 0 Å². The third-order valence-electron chi connectivity index (χ3n) is 14.6. The van der Waals surface area contributed by atoms with E-state index in [0.29, 0.717) is 31.8 Å². The highest BCUT2D eigenvalue weighted by molar-refractivity contribution is 9.11. The largest absolute Gasteiger partial charge is 0.390 e. The number of hydrogen-bond donors (Lipinski definition) is 2. The minimum Gasteiger partial charge on any atom is -0.390 e. The van der Waals surface area contributed by atoms with Crippen LogP contribution in [0.5, 0.6) is 0 Å². The third-order valence-corrected chi connectivity index (χ3v) is 20.5. The Balaban J connectivity index is 0.000000222. The number of aliphatic hydroxyl groups excluding tert-OH is 2. The Labute approximate surface area is 525 Å². The third kappa shape index (κ3) is 24.1. The zero-order chi connectivity index (χ0) is 56.3. The molecular weight excluding hydrogens is 1460 g/mol. The van der Waals surface area contributed by atoms with Crippen molar-refractivity contribution in [1.82, 2.24) is 0 Å². The first-order chi connectivity index (χ1) is 37.1. The van der Waals surface area contributed by atoms with Crippen LogP contribution in [-0.4, -0.2) is 137 Å². The van der Waals surface area contributed by atoms with Gasteiger partial charge >= 0.3 is 0 Å². The Morgan fingerprint density at radius 2 is 1.13 bits per heavy atom. The number of ether oxygens (including phenoxy) is 7. The molecule has 7 heterocycles. The van der Waals surface area contributed by atoms with E-state index in [4.69, 9.17) is 57.6 Å². The van der Waals surface area contributed by atoms with E-state index in [0.717, 1.165) is 96.3 Å². The molecule has 0 aromatic rings. The van der Waals surface area contributed by atoms with Crippen LogP contribution in [0.3, 0.4) is 0 Å². The Hall–Kier alpha value is 0.410. The van der Waals surface area contributed by atoms with Gasteiger partial charge < -0.3 is 43.4 Å². The lowest BCUT2D eigenvalue weighted by Gasteiger charge is -2.36. The number of rotatable bonds is 17. The van der Waals surface area contributed by atoms with E-state index in [1.165, 1.54) is 0 Å². The molecular formula is C60H82Br7ClO9. The zero-order valence-corrected chi connectivity index (χ0v) is 56.7. The molecule has 4 unspecified atom stereocenters. The second-order valence-electron chi connectivity index (χ2n) is 20.1. The van der Waals surface area contributed by atoms with Crippen LogP contribution in [0.4, 0.5) is 0 Å². The molecule has 0 spiro atoms. The minimum atomic E-state index is -0.580. The normalized spacial score (nSPS) is 37.2. The molecule has 0 aromatic carbocycles. The molecule has 9 nitrogen and oxygen atoms in total. The fraction of sp³-hybridized carbons (Fsp3) is 0.700. The summed E-state index contributed by atoms with van der Waals surface area (Å²) < 4.78 is 42.5. The summed E-state index contributed by atoms with van der Waals surface area (Å²) in [5.41, 5.74) is 5.91. The van der Waals surface area contributed by atoms with E-state index in [1.54, 1.807) is 28.2 Å². The Morgan fingerprint density at radius 3 is 1.73 bits per heavy atom. The lowest BCUT2D eigenvalue weighted by Crippen LogP contribution is -2.44. The molecule has 77 heavy (non-hydrogen) atoms. The minimum absolute atomic E-state index is 0.0728. The number of aliphatic hydroxyl groups is 2. The van der Waals surface area contributed by atoms with Gasteiger partial charge in [-0.15, -0.1) is 35.9 Å². The van der Waals surface area contributed by atoms with Gasteiger partial charge in [0.2, 0.25) is 0 Å². The SMILES string of the molecule is C#C/C=C\C/C=C/C[C@H]1O[C@@H](CC)[C@H](Br)C[C@H]1O.C#C/C=C\CC(Br)[C@H]1C[C@H]2O[C@@H](CC)[C@H](Br)C[C@H]2O1.CCC(Br)[C@H]1C[C@H]2O[C@@H](C=C=CBr)C/C=C\C[C@H]2O1.CC[C@@H]1O[C@@H]2C[C@@H](C(O)CC(Cl)C=C=CBr)O[C@@H]2C[C@H]1Br. The number of fused-ring (bicyclic) bond motifs is 3. The molecule has 6 fully saturated rings. The average Bonchev–Trinajstić information content (AvgIpc) is 4.16. The van der Waals surface area contributed by atoms with E-state index in [-0.39, 0.29) is 95.7 Å². The second kappa shape index (κ2) is 39.1. The summed E-state index contributed by atoms with van der Waals surface area (Å²) in [4.78, 5) is 5.07. The lowest BCUT2D eigenvalue weighted by atomic mass is 9.97. The summed E-state index contributed by atoms with van der Waals surface area (Å²) in [5, 5.41) is 20.0. The van der Waals surface area contributed by atoms with Gasteiger partial charge in [-0.3, -0.25) is 0 Å². The lowest BCUT2D eigenvalue weighted by molar-refractivity contribution is -0.111. The predicted octanol–water partition coefficient (Wildman–Crippen LogP) is 15.4. The van der Waals surface area contributed by atoms with Crippen molar-refractivity contribution < 1.29 is 43.4 Å². The maximum absolute atomic E-state index is 10.3. The summed E-state index contributed by atoms with van der Waals surface area (Å²) in [6.07, 6.45) is 45.3. The van der Waals surface area contributed by atoms with Gasteiger partial charge in [-0.1, -0.05) is 188 Å². The predicted molar refractivity (Wildman–Crippen MR) is 340 cm³/mol. The van der Waals surface area contributed by atoms with Crippen molar-refractivity contribution in [2.75, 3.05) is 0 Å². The van der Waals surface area contributed by atoms with Crippen molar-refractivity contribution in [1.29, 1.82) is 0 Å². The fourth-order valence-corrected chi connectivity index (χ4v) is 14.5. The highest BCUT2D eigenvalue weighted by atomic mass is 79.9. The van der Waals surface area contributed by atoms with Gasteiger partial charge in [0, 0.05) is 53.4 Å². The Kier molecular flexibility index (Phi) is 35.5. The molecule has 17 heteroatoms. The fourth-order valence-electron chi connectivity index (χ4n) is 10.4. The maximum Gasteiger partial charge on any atom is 0.0876 e. The molecule has 6 saturated heterocycles. The molecule has 7 aliphatic rings. The number of halogens is 8. The van der Waals surface area contributed by atoms with Gasteiger partial charge in [-0.05, 0) is 108 Å². The van der Waals surface area contributed by atoms with Gasteiger partial charge in [0.05, 0.1) is 103 Å². The first-order valence-corrected chi connectivity index (χ1v) is 34.3. The number of alkyl halides is 6. The summed E-state index contributed by atoms with van der Waals surface area (Å²) >= 11 is 30.9. The highest BCUT2D eigenvalue weighted by Gasteiger charge is 2.47. The van der Waals surface area contributed by atoms with Crippen molar-refractivity contribution in [2.45, 2.75) is 258 Å². The summed E-state index contributed by atoms with van der Waals surface area (Å²) in [6.45, 7) is 8.58. The number of allylic oxidation sites excluding steroid dienone is 6. The summed E-state index contributed by atoms with van der Waals surface area (Å²) in [6, 6.07) is 0.